The van der Waals surface area contributed by atoms with E-state index in [0.29, 0.717) is 0 Å². The fourth-order valence-electron chi connectivity index (χ4n) is 3.30. The molecule has 3 aromatic rings. The summed E-state index contributed by atoms with van der Waals surface area (Å²) in [7, 11) is 0. The first-order valence-electron chi connectivity index (χ1n) is 9.52. The summed E-state index contributed by atoms with van der Waals surface area (Å²) >= 11 is 3.69. The van der Waals surface area contributed by atoms with Gasteiger partial charge < -0.3 is 4.74 Å². The number of hydrogen-bond acceptors (Lipinski definition) is 1. The van der Waals surface area contributed by atoms with Gasteiger partial charge in [-0.05, 0) is 73.1 Å². The third kappa shape index (κ3) is 5.46. The van der Waals surface area contributed by atoms with Crippen LogP contribution in [-0.4, -0.2) is 0 Å². The molecular weight excluding hydrogens is 396 g/mol. The van der Waals surface area contributed by atoms with Crippen molar-refractivity contribution in [2.75, 3.05) is 0 Å². The van der Waals surface area contributed by atoms with Gasteiger partial charge in [-0.1, -0.05) is 77.8 Å². The molecule has 140 valence electrons. The van der Waals surface area contributed by atoms with Crippen molar-refractivity contribution >= 4 is 15.9 Å². The van der Waals surface area contributed by atoms with Gasteiger partial charge in [-0.25, -0.2) is 0 Å². The van der Waals surface area contributed by atoms with Crippen LogP contribution < -0.4 is 4.74 Å². The van der Waals surface area contributed by atoms with Gasteiger partial charge in [0.1, 0.15) is 11.5 Å². The maximum Gasteiger partial charge on any atom is 0.127 e. The molecule has 0 saturated carbocycles. The minimum absolute atomic E-state index is 0.179. The van der Waals surface area contributed by atoms with Crippen molar-refractivity contribution in [3.05, 3.63) is 94.0 Å². The predicted octanol–water partition coefficient (Wildman–Crippen LogP) is 7.85. The molecule has 0 fully saturated rings. The molecule has 0 aliphatic carbocycles. The minimum atomic E-state index is 0.179. The van der Waals surface area contributed by atoms with Gasteiger partial charge in [0.2, 0.25) is 0 Å². The van der Waals surface area contributed by atoms with Gasteiger partial charge in [0.25, 0.3) is 0 Å². The van der Waals surface area contributed by atoms with E-state index in [2.05, 4.69) is 73.1 Å². The van der Waals surface area contributed by atoms with E-state index in [0.717, 1.165) is 35.2 Å². The van der Waals surface area contributed by atoms with Crippen molar-refractivity contribution in [3.63, 3.8) is 0 Å². The molecular formula is C25H27BrO. The molecule has 0 spiro atoms. The number of benzene rings is 3. The summed E-state index contributed by atoms with van der Waals surface area (Å²) in [6.07, 6.45) is 3.31. The minimum Gasteiger partial charge on any atom is -0.457 e. The first-order valence-corrected chi connectivity index (χ1v) is 10.3. The fourth-order valence-corrected chi connectivity index (χ4v) is 3.75. The molecule has 0 unspecified atom stereocenters. The highest BCUT2D eigenvalue weighted by atomic mass is 79.9. The summed E-state index contributed by atoms with van der Waals surface area (Å²) in [6, 6.07) is 25.1. The average molecular weight is 423 g/mol. The molecule has 0 radical (unpaired) electrons. The summed E-state index contributed by atoms with van der Waals surface area (Å²) in [5.41, 5.74) is 4.20. The molecule has 27 heavy (non-hydrogen) atoms. The van der Waals surface area contributed by atoms with E-state index >= 15 is 0 Å². The van der Waals surface area contributed by atoms with Gasteiger partial charge in [-0.15, -0.1) is 0 Å². The Hall–Kier alpha value is -2.06. The molecule has 0 aliphatic rings. The zero-order chi connectivity index (χ0) is 19.3. The molecule has 3 rings (SSSR count). The van der Waals surface area contributed by atoms with Crippen molar-refractivity contribution in [3.8, 4) is 11.5 Å². The van der Waals surface area contributed by atoms with E-state index in [4.69, 9.17) is 4.74 Å². The first-order chi connectivity index (χ1) is 12.9. The second-order valence-electron chi connectivity index (χ2n) is 7.77. The summed E-state index contributed by atoms with van der Waals surface area (Å²) in [4.78, 5) is 0. The number of ether oxygens (including phenoxy) is 1. The third-order valence-electron chi connectivity index (χ3n) is 5.08. The van der Waals surface area contributed by atoms with Crippen LogP contribution in [0.5, 0.6) is 11.5 Å². The molecule has 0 N–H and O–H groups in total. The van der Waals surface area contributed by atoms with Crippen LogP contribution in [0.1, 0.15) is 43.4 Å². The van der Waals surface area contributed by atoms with Crippen molar-refractivity contribution in [1.82, 2.24) is 0 Å². The molecule has 0 heterocycles. The maximum absolute atomic E-state index is 5.98. The highest BCUT2D eigenvalue weighted by Crippen LogP contribution is 2.31. The molecule has 3 aromatic carbocycles. The van der Waals surface area contributed by atoms with Crippen LogP contribution in [0, 0.1) is 6.92 Å². The Morgan fingerprint density at radius 3 is 2.26 bits per heavy atom. The van der Waals surface area contributed by atoms with Crippen molar-refractivity contribution in [1.29, 1.82) is 0 Å². The van der Waals surface area contributed by atoms with Crippen molar-refractivity contribution in [2.45, 2.75) is 45.4 Å². The number of para-hydroxylation sites is 1. The highest BCUT2D eigenvalue weighted by Gasteiger charge is 2.20. The molecule has 0 aromatic heterocycles. The van der Waals surface area contributed by atoms with Crippen LogP contribution in [0.4, 0.5) is 0 Å². The summed E-state index contributed by atoms with van der Waals surface area (Å²) in [5, 5.41) is 0. The fraction of sp³-hybridized carbons (Fsp3) is 0.280. The lowest BCUT2D eigenvalue weighted by atomic mass is 9.79. The number of halogens is 1. The second kappa shape index (κ2) is 8.75. The number of hydrogen-bond donors (Lipinski definition) is 0. The lowest BCUT2D eigenvalue weighted by Gasteiger charge is -2.25. The van der Waals surface area contributed by atoms with Crippen molar-refractivity contribution in [2.24, 2.45) is 0 Å². The van der Waals surface area contributed by atoms with Crippen LogP contribution in [0.15, 0.2) is 77.3 Å². The summed E-state index contributed by atoms with van der Waals surface area (Å²) in [6.45, 7) is 6.81. The normalized spacial score (nSPS) is 11.4. The molecule has 0 amide bonds. The van der Waals surface area contributed by atoms with E-state index in [1.165, 1.54) is 16.7 Å². The SMILES string of the molecule is Cc1ccc(C(C)(C)CCCc2cc(Oc3ccccc3)ccc2Br)cc1. The molecule has 0 aliphatic heterocycles. The number of rotatable bonds is 7. The Balaban J connectivity index is 1.63. The van der Waals surface area contributed by atoms with E-state index in [1.807, 2.05) is 36.4 Å². The zero-order valence-electron chi connectivity index (χ0n) is 16.3. The van der Waals surface area contributed by atoms with Gasteiger partial charge in [0, 0.05) is 4.47 Å². The van der Waals surface area contributed by atoms with E-state index in [-0.39, 0.29) is 5.41 Å². The quantitative estimate of drug-likeness (QED) is 0.376. The Kier molecular flexibility index (Phi) is 6.38. The van der Waals surface area contributed by atoms with Crippen molar-refractivity contribution < 1.29 is 4.74 Å². The molecule has 2 heteroatoms. The Morgan fingerprint density at radius 1 is 0.852 bits per heavy atom. The monoisotopic (exact) mass is 422 g/mol. The Bertz CT molecular complexity index is 867. The van der Waals surface area contributed by atoms with Gasteiger partial charge in [0.15, 0.2) is 0 Å². The third-order valence-corrected chi connectivity index (χ3v) is 5.85. The van der Waals surface area contributed by atoms with Gasteiger partial charge in [-0.2, -0.15) is 0 Å². The van der Waals surface area contributed by atoms with Crippen LogP contribution >= 0.6 is 15.9 Å². The van der Waals surface area contributed by atoms with E-state index < -0.39 is 0 Å². The van der Waals surface area contributed by atoms with Crippen LogP contribution in [0.2, 0.25) is 0 Å². The Labute approximate surface area is 171 Å². The van der Waals surface area contributed by atoms with Gasteiger partial charge in [0.05, 0.1) is 0 Å². The standard InChI is InChI=1S/C25H27BrO/c1-19-11-13-21(14-12-19)25(2,3)17-7-8-20-18-23(15-16-24(20)26)27-22-9-5-4-6-10-22/h4-6,9-16,18H,7-8,17H2,1-3H3. The van der Waals surface area contributed by atoms with Gasteiger partial charge in [-0.3, -0.25) is 0 Å². The van der Waals surface area contributed by atoms with E-state index in [9.17, 15) is 0 Å². The first kappa shape index (κ1) is 19.7. The molecule has 0 atom stereocenters. The summed E-state index contributed by atoms with van der Waals surface area (Å²) in [5.74, 6) is 1.75. The zero-order valence-corrected chi connectivity index (χ0v) is 17.9. The molecule has 0 saturated heterocycles. The largest absolute Gasteiger partial charge is 0.457 e. The van der Waals surface area contributed by atoms with Crippen LogP contribution in [-0.2, 0) is 11.8 Å². The average Bonchev–Trinajstić information content (AvgIpc) is 2.65. The predicted molar refractivity (Wildman–Crippen MR) is 118 cm³/mol. The topological polar surface area (TPSA) is 9.23 Å². The highest BCUT2D eigenvalue weighted by molar-refractivity contribution is 9.10. The lowest BCUT2D eigenvalue weighted by molar-refractivity contribution is 0.459. The maximum atomic E-state index is 5.98. The van der Waals surface area contributed by atoms with E-state index in [1.54, 1.807) is 0 Å². The summed E-state index contributed by atoms with van der Waals surface area (Å²) < 4.78 is 7.13. The van der Waals surface area contributed by atoms with Crippen LogP contribution in [0.3, 0.4) is 0 Å². The number of aryl methyl sites for hydroxylation is 2. The van der Waals surface area contributed by atoms with Gasteiger partial charge >= 0.3 is 0 Å². The molecule has 1 nitrogen and oxygen atoms in total. The smallest absolute Gasteiger partial charge is 0.127 e. The lowest BCUT2D eigenvalue weighted by Crippen LogP contribution is -2.17. The Morgan fingerprint density at radius 2 is 1.56 bits per heavy atom. The van der Waals surface area contributed by atoms with Crippen LogP contribution in [0.25, 0.3) is 0 Å². The molecule has 0 bridgehead atoms. The second-order valence-corrected chi connectivity index (χ2v) is 8.63.